The third-order valence-corrected chi connectivity index (χ3v) is 7.74. The Hall–Kier alpha value is -3.94. The Kier molecular flexibility index (Phi) is 5.84. The van der Waals surface area contributed by atoms with Gasteiger partial charge in [-0.1, -0.05) is 57.2 Å². The number of hydrogen-bond donors (Lipinski definition) is 0. The van der Waals surface area contributed by atoms with E-state index in [2.05, 4.69) is 18.2 Å². The number of ether oxygens (including phenoxy) is 1. The summed E-state index contributed by atoms with van der Waals surface area (Å²) in [4.78, 5) is 0. The van der Waals surface area contributed by atoms with E-state index in [0.29, 0.717) is 48.3 Å². The van der Waals surface area contributed by atoms with E-state index in [0.717, 1.165) is 44.3 Å². The van der Waals surface area contributed by atoms with E-state index in [-0.39, 0.29) is 0 Å². The molecule has 5 aromatic rings. The molecule has 0 spiro atoms. The van der Waals surface area contributed by atoms with E-state index >= 15 is 0 Å². The Morgan fingerprint density at radius 1 is 0.975 bits per heavy atom. The third kappa shape index (κ3) is 4.80. The van der Waals surface area contributed by atoms with Gasteiger partial charge in [0.25, 0.3) is 0 Å². The largest absolute Gasteiger partial charge is 0.454 e. The summed E-state index contributed by atoms with van der Waals surface area (Å²) in [5, 5.41) is 12.0. The fraction of sp³-hybridized carbons (Fsp3) is 0.333. The van der Waals surface area contributed by atoms with Crippen LogP contribution in [0.1, 0.15) is 65.9 Å². The second-order valence-corrected chi connectivity index (χ2v) is 11.8. The van der Waals surface area contributed by atoms with Crippen LogP contribution >= 0.6 is 0 Å². The average molecular weight is 533 g/mol. The van der Waals surface area contributed by atoms with E-state index in [4.69, 9.17) is 13.3 Å². The number of aryl methyl sites for hydroxylation is 2. The number of nitriles is 1. The zero-order valence-corrected chi connectivity index (χ0v) is 23.9. The van der Waals surface area contributed by atoms with Crippen LogP contribution < -0.4 is 4.57 Å². The van der Waals surface area contributed by atoms with Crippen molar-refractivity contribution in [3.8, 4) is 28.5 Å². The van der Waals surface area contributed by atoms with Crippen molar-refractivity contribution >= 4 is 21.9 Å². The molecule has 4 nitrogen and oxygen atoms in total. The Labute approximate surface area is 241 Å². The van der Waals surface area contributed by atoms with Crippen LogP contribution in [0.25, 0.3) is 44.3 Å². The summed E-state index contributed by atoms with van der Waals surface area (Å²) < 4.78 is 41.0. The lowest BCUT2D eigenvalue weighted by Crippen LogP contribution is -2.31. The first-order valence-electron chi connectivity index (χ1n) is 15.4. The molecule has 1 saturated heterocycles. The zero-order valence-electron chi connectivity index (χ0n) is 26.9. The van der Waals surface area contributed by atoms with Crippen molar-refractivity contribution < 1.29 is 17.8 Å². The summed E-state index contributed by atoms with van der Waals surface area (Å²) in [6, 6.07) is 22.1. The lowest BCUT2D eigenvalue weighted by Gasteiger charge is -2.22. The smallest absolute Gasteiger partial charge is 0.216 e. The van der Waals surface area contributed by atoms with Gasteiger partial charge in [-0.3, -0.25) is 0 Å². The number of hydrogen-bond acceptors (Lipinski definition) is 3. The second kappa shape index (κ2) is 10.2. The monoisotopic (exact) mass is 532 g/mol. The Balaban J connectivity index is 1.56. The summed E-state index contributed by atoms with van der Waals surface area (Å²) in [5.41, 5.74) is 7.23. The predicted octanol–water partition coefficient (Wildman–Crippen LogP) is 8.41. The third-order valence-electron chi connectivity index (χ3n) is 7.74. The van der Waals surface area contributed by atoms with Crippen LogP contribution in [0.15, 0.2) is 71.3 Å². The van der Waals surface area contributed by atoms with Crippen molar-refractivity contribution in [1.82, 2.24) is 0 Å². The highest BCUT2D eigenvalue weighted by molar-refractivity contribution is 6.14. The molecule has 0 aliphatic carbocycles. The van der Waals surface area contributed by atoms with Crippen molar-refractivity contribution in [3.63, 3.8) is 0 Å². The van der Waals surface area contributed by atoms with E-state index in [1.54, 1.807) is 0 Å². The van der Waals surface area contributed by atoms with Crippen LogP contribution in [0.5, 0.6) is 0 Å². The molecule has 3 aromatic carbocycles. The molecular weight excluding hydrogens is 492 g/mol. The number of furan rings is 1. The Bertz CT molecular complexity index is 1900. The fourth-order valence-corrected chi connectivity index (χ4v) is 5.81. The second-order valence-electron chi connectivity index (χ2n) is 11.8. The molecule has 0 bridgehead atoms. The van der Waals surface area contributed by atoms with E-state index in [1.807, 2.05) is 94.0 Å². The summed E-state index contributed by atoms with van der Waals surface area (Å²) in [6.45, 7) is 8.97. The lowest BCUT2D eigenvalue weighted by molar-refractivity contribution is -0.660. The summed E-state index contributed by atoms with van der Waals surface area (Å²) in [6.07, 6.45) is 1.68. The first kappa shape index (κ1) is 22.8. The number of benzene rings is 3. The number of aromatic nitrogens is 1. The van der Waals surface area contributed by atoms with Crippen molar-refractivity contribution in [1.29, 1.82) is 5.26 Å². The van der Waals surface area contributed by atoms with Crippen LogP contribution in [0, 0.1) is 23.7 Å². The number of fused-ring (bicyclic) bond motifs is 3. The maximum Gasteiger partial charge on any atom is 0.216 e. The highest BCUT2D eigenvalue weighted by Gasteiger charge is 2.24. The predicted molar refractivity (Wildman–Crippen MR) is 161 cm³/mol. The van der Waals surface area contributed by atoms with E-state index < -0.39 is 17.7 Å². The molecular formula is C36H37N2O2+. The minimum Gasteiger partial charge on any atom is -0.454 e. The molecule has 0 radical (unpaired) electrons. The van der Waals surface area contributed by atoms with Gasteiger partial charge in [-0.2, -0.15) is 5.26 Å². The summed E-state index contributed by atoms with van der Waals surface area (Å²) in [5.74, 6) is -0.667. The van der Waals surface area contributed by atoms with Crippen LogP contribution in [0.2, 0.25) is 0 Å². The summed E-state index contributed by atoms with van der Waals surface area (Å²) in [7, 11) is 1.96. The first-order valence-corrected chi connectivity index (χ1v) is 13.9. The minimum absolute atomic E-state index is 0.523. The van der Waals surface area contributed by atoms with Gasteiger partial charge in [-0.25, -0.2) is 4.57 Å². The molecule has 2 aromatic heterocycles. The van der Waals surface area contributed by atoms with Crippen LogP contribution in [0.3, 0.4) is 0 Å². The molecule has 0 atom stereocenters. The molecule has 1 aliphatic rings. The molecule has 202 valence electrons. The zero-order chi connectivity index (χ0) is 30.7. The van der Waals surface area contributed by atoms with E-state index in [9.17, 15) is 5.26 Å². The van der Waals surface area contributed by atoms with Gasteiger partial charge in [0.05, 0.1) is 17.2 Å². The lowest BCUT2D eigenvalue weighted by atomic mass is 9.87. The van der Waals surface area contributed by atoms with Gasteiger partial charge in [0.15, 0.2) is 6.20 Å². The Morgan fingerprint density at radius 3 is 2.33 bits per heavy atom. The molecule has 0 saturated carbocycles. The van der Waals surface area contributed by atoms with Gasteiger partial charge in [-0.15, -0.1) is 0 Å². The maximum absolute atomic E-state index is 10.1. The van der Waals surface area contributed by atoms with E-state index in [1.165, 1.54) is 0 Å². The van der Waals surface area contributed by atoms with Crippen molar-refractivity contribution in [2.45, 2.75) is 52.8 Å². The molecule has 1 fully saturated rings. The number of rotatable bonds is 4. The quantitative estimate of drug-likeness (QED) is 0.218. The summed E-state index contributed by atoms with van der Waals surface area (Å²) >= 11 is 0. The highest BCUT2D eigenvalue weighted by atomic mass is 16.5. The van der Waals surface area contributed by atoms with Crippen LogP contribution in [-0.4, -0.2) is 13.2 Å². The van der Waals surface area contributed by atoms with Gasteiger partial charge in [0.1, 0.15) is 18.2 Å². The van der Waals surface area contributed by atoms with Crippen LogP contribution in [0.4, 0.5) is 0 Å². The number of nitrogens with zero attached hydrogens (tertiary/aromatic N) is 2. The fourth-order valence-electron chi connectivity index (χ4n) is 5.81. The molecule has 1 aliphatic heterocycles. The van der Waals surface area contributed by atoms with Gasteiger partial charge in [-0.05, 0) is 71.8 Å². The molecule has 0 N–H and O–H groups in total. The molecule has 6 rings (SSSR count). The normalized spacial score (nSPS) is 16.9. The SMILES string of the molecule is [2H]C1(c2ccc(-c3c(C#N)ccc4c3oc3c(-c5cc(C([2H])([2H])C(C)(C)C)cc[n+]5C)c(C)ccc34)cc2)CCOCC1. The molecule has 4 heteroatoms. The molecule has 40 heavy (non-hydrogen) atoms. The molecule has 0 unspecified atom stereocenters. The average Bonchev–Trinajstić information content (AvgIpc) is 3.35. The van der Waals surface area contributed by atoms with Gasteiger partial charge < -0.3 is 9.15 Å². The van der Waals surface area contributed by atoms with Crippen molar-refractivity contribution in [3.05, 3.63) is 89.1 Å². The maximum atomic E-state index is 10.1. The van der Waals surface area contributed by atoms with Gasteiger partial charge >= 0.3 is 0 Å². The van der Waals surface area contributed by atoms with Gasteiger partial charge in [0.2, 0.25) is 5.69 Å². The number of pyridine rings is 1. The first-order chi connectivity index (χ1) is 20.4. The van der Waals surface area contributed by atoms with Crippen molar-refractivity contribution in [2.24, 2.45) is 12.5 Å². The molecule has 0 amide bonds. The van der Waals surface area contributed by atoms with Crippen molar-refractivity contribution in [2.75, 3.05) is 13.2 Å². The standard InChI is InChI=1S/C36H37N2O2/c1-23-6-12-29-30-13-11-28(22-37)33(27-9-7-25(8-10-27)26-15-18-39-19-16-26)35(30)40-34(29)32(23)31-20-24(14-17-38(31)5)21-36(2,3)4/h6-14,17,20,26H,15-16,18-19,21H2,1-5H3/q+1/i21D2,26D. The minimum atomic E-state index is -1.55. The van der Waals surface area contributed by atoms with Gasteiger partial charge in [0, 0.05) is 45.8 Å². The molecule has 3 heterocycles. The van der Waals surface area contributed by atoms with Crippen LogP contribution in [-0.2, 0) is 18.2 Å². The Morgan fingerprint density at radius 2 is 1.65 bits per heavy atom. The highest BCUT2D eigenvalue weighted by Crippen LogP contribution is 2.42. The topological polar surface area (TPSA) is 50.0 Å².